The van der Waals surface area contributed by atoms with Crippen molar-refractivity contribution in [2.45, 2.75) is 4.94 Å². The predicted octanol–water partition coefficient (Wildman–Crippen LogP) is -0.202. The van der Waals surface area contributed by atoms with E-state index in [4.69, 9.17) is 0 Å². The van der Waals surface area contributed by atoms with Crippen LogP contribution in [0.4, 0.5) is 0 Å². The molecule has 0 saturated carbocycles. The third-order valence-corrected chi connectivity index (χ3v) is 3.19. The molecule has 0 aromatic carbocycles. The van der Waals surface area contributed by atoms with Crippen LogP contribution in [0.1, 0.15) is 0 Å². The van der Waals surface area contributed by atoms with E-state index in [1.807, 2.05) is 17.9 Å². The van der Waals surface area contributed by atoms with E-state index >= 15 is 0 Å². The number of nitrogens with zero attached hydrogens (tertiary/aromatic N) is 2. The quantitative estimate of drug-likeness (QED) is 0.593. The summed E-state index contributed by atoms with van der Waals surface area (Å²) in [7, 11) is 1.96. The zero-order valence-corrected chi connectivity index (χ0v) is 7.90. The zero-order chi connectivity index (χ0) is 5.98. The van der Waals surface area contributed by atoms with E-state index in [9.17, 15) is 0 Å². The molecule has 1 aromatic heterocycles. The van der Waals surface area contributed by atoms with Gasteiger partial charge >= 0.3 is 58.9 Å². The number of rotatable bonds is 1. The minimum absolute atomic E-state index is 0.255. The van der Waals surface area contributed by atoms with Crippen molar-refractivity contribution in [1.82, 2.24) is 9.78 Å². The van der Waals surface area contributed by atoms with Gasteiger partial charge in [-0.05, 0) is 0 Å². The van der Waals surface area contributed by atoms with Gasteiger partial charge in [0, 0.05) is 0 Å². The molecule has 1 heterocycles. The van der Waals surface area contributed by atoms with Gasteiger partial charge in [-0.1, -0.05) is 0 Å². The van der Waals surface area contributed by atoms with Gasteiger partial charge in [-0.15, -0.1) is 0 Å². The van der Waals surface area contributed by atoms with Crippen molar-refractivity contribution < 1.29 is 0 Å². The number of aryl methyl sites for hydroxylation is 1. The molecule has 0 amide bonds. The van der Waals surface area contributed by atoms with Gasteiger partial charge in [-0.3, -0.25) is 0 Å². The first-order valence-corrected chi connectivity index (χ1v) is 6.78. The van der Waals surface area contributed by atoms with Gasteiger partial charge in [-0.25, -0.2) is 0 Å². The van der Waals surface area contributed by atoms with E-state index in [1.54, 1.807) is 0 Å². The Labute approximate surface area is 59.1 Å². The summed E-state index contributed by atoms with van der Waals surface area (Å²) < 4.78 is 3.19. The van der Waals surface area contributed by atoms with Gasteiger partial charge in [-0.2, -0.15) is 0 Å². The fourth-order valence-electron chi connectivity index (χ4n) is 0.548. The Morgan fingerprint density at radius 3 is 2.75 bits per heavy atom. The summed E-state index contributed by atoms with van der Waals surface area (Å²) in [6, 6.07) is 2.10. The van der Waals surface area contributed by atoms with Crippen molar-refractivity contribution in [3.05, 3.63) is 12.3 Å². The molecule has 0 unspecified atom stereocenters. The topological polar surface area (TPSA) is 17.8 Å². The van der Waals surface area contributed by atoms with Gasteiger partial charge in [0.25, 0.3) is 0 Å². The third-order valence-electron chi connectivity index (χ3n) is 0.970. The van der Waals surface area contributed by atoms with Crippen molar-refractivity contribution in [3.63, 3.8) is 0 Å². The summed E-state index contributed by atoms with van der Waals surface area (Å²) in [5, 5.41) is 4.22. The van der Waals surface area contributed by atoms with E-state index in [2.05, 4.69) is 16.1 Å². The summed E-state index contributed by atoms with van der Waals surface area (Å²) in [5.41, 5.74) is 0. The summed E-state index contributed by atoms with van der Waals surface area (Å²) in [6.07, 6.45) is 2.00. The molecule has 8 heavy (non-hydrogen) atoms. The van der Waals surface area contributed by atoms with Gasteiger partial charge in [0.2, 0.25) is 0 Å². The number of hydrogen-bond acceptors (Lipinski definition) is 1. The fourth-order valence-corrected chi connectivity index (χ4v) is 1.97. The second-order valence-electron chi connectivity index (χ2n) is 1.62. The fraction of sp³-hybridized carbons (Fsp3) is 0.400. The van der Waals surface area contributed by atoms with Crippen molar-refractivity contribution >= 4 is 24.9 Å². The van der Waals surface area contributed by atoms with Crippen molar-refractivity contribution in [2.75, 3.05) is 0 Å². The summed E-state index contributed by atoms with van der Waals surface area (Å²) in [5.74, 6) is 0. The van der Waals surface area contributed by atoms with Gasteiger partial charge in [0.15, 0.2) is 0 Å². The molecule has 42 valence electrons. The summed E-state index contributed by atoms with van der Waals surface area (Å²) >= 11 is -0.255. The van der Waals surface area contributed by atoms with Crippen molar-refractivity contribution in [2.24, 2.45) is 7.05 Å². The van der Waals surface area contributed by atoms with Crippen molar-refractivity contribution in [3.8, 4) is 0 Å². The Balaban J connectivity index is 2.84. The molecule has 0 N–H and O–H groups in total. The van der Waals surface area contributed by atoms with Crippen LogP contribution in [0.2, 0.25) is 4.94 Å². The Morgan fingerprint density at radius 2 is 2.50 bits per heavy atom. The second kappa shape index (κ2) is 2.53. The minimum atomic E-state index is -0.255. The van der Waals surface area contributed by atoms with E-state index in [-0.39, 0.29) is 21.1 Å². The molecule has 0 bridgehead atoms. The summed E-state index contributed by atoms with van der Waals surface area (Å²) in [4.78, 5) is 2.27. The molecule has 2 nitrogen and oxygen atoms in total. The van der Waals surface area contributed by atoms with Gasteiger partial charge in [0.05, 0.1) is 0 Å². The number of hydrogen-bond donors (Lipinski definition) is 0. The first kappa shape index (κ1) is 6.13. The molecule has 0 aliphatic heterocycles. The first-order valence-electron chi connectivity index (χ1n) is 2.50. The monoisotopic (exact) mass is 216 g/mol. The van der Waals surface area contributed by atoms with Crippen LogP contribution in [0, 0.1) is 0 Å². The Morgan fingerprint density at radius 1 is 1.75 bits per heavy atom. The van der Waals surface area contributed by atoms with Crippen LogP contribution in [0.25, 0.3) is 0 Å². The molecule has 0 saturated heterocycles. The molecule has 0 aliphatic rings. The molecule has 1 rings (SSSR count). The van der Waals surface area contributed by atoms with E-state index < -0.39 is 0 Å². The van der Waals surface area contributed by atoms with Crippen LogP contribution >= 0.6 is 0 Å². The molecule has 0 spiro atoms. The molecule has 1 aromatic rings. The molecule has 0 atom stereocenters. The van der Waals surface area contributed by atoms with Crippen LogP contribution in [-0.2, 0) is 7.05 Å². The molecule has 0 aliphatic carbocycles. The summed E-state index contributed by atoms with van der Waals surface area (Å²) in [6.45, 7) is 0. The average Bonchev–Trinajstić information content (AvgIpc) is 2.14. The standard InChI is InChI=1S/C4H5N2.CH3.Sn/c1-6-4-2-3-5-6;;/h2,4H,1H3;1H3;. The van der Waals surface area contributed by atoms with Crippen LogP contribution in [-0.4, -0.2) is 30.9 Å². The van der Waals surface area contributed by atoms with E-state index in [0.29, 0.717) is 0 Å². The predicted molar refractivity (Wildman–Crippen MR) is 34.5 cm³/mol. The van der Waals surface area contributed by atoms with Gasteiger partial charge < -0.3 is 0 Å². The first-order chi connectivity index (χ1) is 3.83. The molecule has 3 heteroatoms. The maximum absolute atomic E-state index is 4.22. The maximum atomic E-state index is 4.22. The Bertz CT molecular complexity index is 171. The van der Waals surface area contributed by atoms with Crippen molar-refractivity contribution in [1.29, 1.82) is 0 Å². The van der Waals surface area contributed by atoms with Crippen LogP contribution in [0.5, 0.6) is 0 Å². The second-order valence-corrected chi connectivity index (χ2v) is 4.51. The number of aromatic nitrogens is 2. The third kappa shape index (κ3) is 1.24. The average molecular weight is 215 g/mol. The van der Waals surface area contributed by atoms with Crippen LogP contribution in [0.15, 0.2) is 12.3 Å². The molecular weight excluding hydrogens is 207 g/mol. The molecular formula is C5H8N2Sn. The van der Waals surface area contributed by atoms with Gasteiger partial charge in [0.1, 0.15) is 0 Å². The Kier molecular flexibility index (Phi) is 1.94. The molecule has 0 fully saturated rings. The van der Waals surface area contributed by atoms with E-state index in [0.717, 1.165) is 0 Å². The Hall–Kier alpha value is 0.00870. The SMILES string of the molecule is [CH3][Sn][c]1ccn(C)n1. The van der Waals surface area contributed by atoms with Crippen LogP contribution in [0.3, 0.4) is 0 Å². The van der Waals surface area contributed by atoms with Crippen LogP contribution < -0.4 is 3.71 Å². The van der Waals surface area contributed by atoms with E-state index in [1.165, 1.54) is 3.71 Å². The normalized spacial score (nSPS) is 9.75. The molecule has 2 radical (unpaired) electrons. The zero-order valence-electron chi connectivity index (χ0n) is 5.05.